The van der Waals surface area contributed by atoms with Crippen LogP contribution >= 0.6 is 0 Å². The van der Waals surface area contributed by atoms with Gasteiger partial charge in [-0.1, -0.05) is 84.9 Å². The highest BCUT2D eigenvalue weighted by atomic mass is 16.3. The minimum atomic E-state index is 0.814. The summed E-state index contributed by atoms with van der Waals surface area (Å²) in [6.07, 6.45) is 2.05. The van der Waals surface area contributed by atoms with Gasteiger partial charge in [-0.25, -0.2) is 0 Å². The van der Waals surface area contributed by atoms with Gasteiger partial charge in [-0.15, -0.1) is 10.2 Å². The van der Waals surface area contributed by atoms with Crippen molar-refractivity contribution >= 4 is 38.4 Å². The standard InChI is InChI=1S/C28H17N3O/c1-2-9-19-18(8-1)16-17-31-27(19)29-30-28(31)24-12-4-3-10-20(24)22-13-7-14-23-21-11-5-6-15-25(21)32-26(22)23/h1-17H. The lowest BCUT2D eigenvalue weighted by Crippen LogP contribution is -1.92. The Balaban J connectivity index is 1.52. The fourth-order valence-electron chi connectivity index (χ4n) is 4.67. The lowest BCUT2D eigenvalue weighted by molar-refractivity contribution is 0.670. The minimum absolute atomic E-state index is 0.814. The van der Waals surface area contributed by atoms with Crippen LogP contribution in [0.25, 0.3) is 60.9 Å². The van der Waals surface area contributed by atoms with E-state index in [4.69, 9.17) is 4.42 Å². The molecule has 0 fully saturated rings. The molecule has 0 unspecified atom stereocenters. The Morgan fingerprint density at radius 3 is 2.22 bits per heavy atom. The van der Waals surface area contributed by atoms with Crippen molar-refractivity contribution < 1.29 is 4.42 Å². The molecular weight excluding hydrogens is 394 g/mol. The molecule has 0 aliphatic rings. The summed E-state index contributed by atoms with van der Waals surface area (Å²) in [4.78, 5) is 0. The third-order valence-corrected chi connectivity index (χ3v) is 6.16. The van der Waals surface area contributed by atoms with Gasteiger partial charge in [0, 0.05) is 33.5 Å². The Labute approximate surface area is 183 Å². The molecule has 0 bridgehead atoms. The topological polar surface area (TPSA) is 43.3 Å². The van der Waals surface area contributed by atoms with Gasteiger partial charge in [0.1, 0.15) is 11.2 Å². The molecule has 0 saturated carbocycles. The van der Waals surface area contributed by atoms with Crippen LogP contribution < -0.4 is 0 Å². The van der Waals surface area contributed by atoms with Crippen molar-refractivity contribution in [1.82, 2.24) is 14.6 Å². The lowest BCUT2D eigenvalue weighted by atomic mass is 9.97. The van der Waals surface area contributed by atoms with Crippen molar-refractivity contribution in [1.29, 1.82) is 0 Å². The van der Waals surface area contributed by atoms with Crippen LogP contribution in [0.2, 0.25) is 0 Å². The smallest absolute Gasteiger partial charge is 0.168 e. The molecule has 32 heavy (non-hydrogen) atoms. The summed E-state index contributed by atoms with van der Waals surface area (Å²) in [5.74, 6) is 0.814. The van der Waals surface area contributed by atoms with Crippen LogP contribution in [0.1, 0.15) is 0 Å². The van der Waals surface area contributed by atoms with Gasteiger partial charge < -0.3 is 4.42 Å². The number of nitrogens with zero attached hydrogens (tertiary/aromatic N) is 3. The average molecular weight is 411 g/mol. The number of hydrogen-bond acceptors (Lipinski definition) is 3. The SMILES string of the molecule is c1ccc(-c2nnc3c4ccccc4ccn23)c(-c2cccc3c2oc2ccccc23)c1. The fraction of sp³-hybridized carbons (Fsp3) is 0. The highest BCUT2D eigenvalue weighted by Gasteiger charge is 2.18. The molecule has 0 N–H and O–H groups in total. The van der Waals surface area contributed by atoms with Crippen molar-refractivity contribution in [2.24, 2.45) is 0 Å². The van der Waals surface area contributed by atoms with Gasteiger partial charge in [-0.2, -0.15) is 0 Å². The summed E-state index contributed by atoms with van der Waals surface area (Å²) >= 11 is 0. The number of para-hydroxylation sites is 2. The van der Waals surface area contributed by atoms with Gasteiger partial charge in [-0.3, -0.25) is 4.40 Å². The van der Waals surface area contributed by atoms with E-state index in [2.05, 4.69) is 75.3 Å². The first-order chi connectivity index (χ1) is 15.9. The summed E-state index contributed by atoms with van der Waals surface area (Å²) in [5, 5.41) is 13.6. The molecule has 0 aliphatic carbocycles. The number of rotatable bonds is 2. The molecule has 0 atom stereocenters. The van der Waals surface area contributed by atoms with Crippen LogP contribution in [0.3, 0.4) is 0 Å². The van der Waals surface area contributed by atoms with Crippen LogP contribution in [0.15, 0.2) is 108 Å². The molecule has 0 saturated heterocycles. The number of benzene rings is 4. The van der Waals surface area contributed by atoms with Crippen molar-refractivity contribution in [2.45, 2.75) is 0 Å². The van der Waals surface area contributed by atoms with Crippen molar-refractivity contribution in [3.05, 3.63) is 103 Å². The van der Waals surface area contributed by atoms with Gasteiger partial charge in [0.25, 0.3) is 0 Å². The van der Waals surface area contributed by atoms with Crippen LogP contribution in [0.4, 0.5) is 0 Å². The Morgan fingerprint density at radius 2 is 1.28 bits per heavy atom. The molecule has 4 heteroatoms. The molecule has 0 spiro atoms. The number of furan rings is 1. The molecule has 7 rings (SSSR count). The van der Waals surface area contributed by atoms with Crippen LogP contribution in [-0.4, -0.2) is 14.6 Å². The van der Waals surface area contributed by atoms with E-state index in [-0.39, 0.29) is 0 Å². The third kappa shape index (κ3) is 2.38. The molecule has 0 radical (unpaired) electrons. The van der Waals surface area contributed by atoms with Crippen molar-refractivity contribution in [2.75, 3.05) is 0 Å². The lowest BCUT2D eigenvalue weighted by Gasteiger charge is -2.09. The molecule has 3 heterocycles. The van der Waals surface area contributed by atoms with Gasteiger partial charge in [-0.05, 0) is 23.1 Å². The van der Waals surface area contributed by atoms with E-state index in [1.807, 2.05) is 42.6 Å². The molecule has 150 valence electrons. The Kier molecular flexibility index (Phi) is 3.52. The third-order valence-electron chi connectivity index (χ3n) is 6.16. The van der Waals surface area contributed by atoms with Gasteiger partial charge in [0.05, 0.1) is 0 Å². The normalized spacial score (nSPS) is 11.8. The fourth-order valence-corrected chi connectivity index (χ4v) is 4.67. The van der Waals surface area contributed by atoms with E-state index in [0.717, 1.165) is 60.9 Å². The first-order valence-corrected chi connectivity index (χ1v) is 10.6. The monoisotopic (exact) mass is 411 g/mol. The van der Waals surface area contributed by atoms with Gasteiger partial charge >= 0.3 is 0 Å². The second-order valence-electron chi connectivity index (χ2n) is 7.95. The predicted octanol–water partition coefficient (Wildman–Crippen LogP) is 7.12. The van der Waals surface area contributed by atoms with E-state index in [9.17, 15) is 0 Å². The molecule has 7 aromatic rings. The van der Waals surface area contributed by atoms with Gasteiger partial charge in [0.15, 0.2) is 11.5 Å². The van der Waals surface area contributed by atoms with Crippen LogP contribution in [0, 0.1) is 0 Å². The summed E-state index contributed by atoms with van der Waals surface area (Å²) < 4.78 is 8.38. The predicted molar refractivity (Wildman–Crippen MR) is 129 cm³/mol. The van der Waals surface area contributed by atoms with E-state index < -0.39 is 0 Å². The molecule has 4 nitrogen and oxygen atoms in total. The van der Waals surface area contributed by atoms with E-state index in [0.29, 0.717) is 0 Å². The maximum atomic E-state index is 6.31. The number of pyridine rings is 1. The van der Waals surface area contributed by atoms with Crippen LogP contribution in [-0.2, 0) is 0 Å². The Bertz CT molecular complexity index is 1790. The number of hydrogen-bond donors (Lipinski definition) is 0. The van der Waals surface area contributed by atoms with Crippen molar-refractivity contribution in [3.8, 4) is 22.5 Å². The second-order valence-corrected chi connectivity index (χ2v) is 7.95. The summed E-state index contributed by atoms with van der Waals surface area (Å²) in [6, 6.07) is 33.2. The van der Waals surface area contributed by atoms with E-state index in [1.165, 1.54) is 0 Å². The maximum absolute atomic E-state index is 6.31. The van der Waals surface area contributed by atoms with Gasteiger partial charge in [0.2, 0.25) is 0 Å². The first-order valence-electron chi connectivity index (χ1n) is 10.6. The maximum Gasteiger partial charge on any atom is 0.168 e. The zero-order chi connectivity index (χ0) is 21.1. The molecule has 4 aromatic carbocycles. The molecule has 3 aromatic heterocycles. The highest BCUT2D eigenvalue weighted by Crippen LogP contribution is 2.39. The largest absolute Gasteiger partial charge is 0.455 e. The summed E-state index contributed by atoms with van der Waals surface area (Å²) in [6.45, 7) is 0. The molecular formula is C28H17N3O. The highest BCUT2D eigenvalue weighted by molar-refractivity contribution is 6.10. The average Bonchev–Trinajstić information content (AvgIpc) is 3.46. The summed E-state index contributed by atoms with van der Waals surface area (Å²) in [7, 11) is 0. The molecule has 0 amide bonds. The number of aromatic nitrogens is 3. The Morgan fingerprint density at radius 1 is 0.562 bits per heavy atom. The first kappa shape index (κ1) is 17.3. The van der Waals surface area contributed by atoms with Crippen molar-refractivity contribution in [3.63, 3.8) is 0 Å². The molecule has 0 aliphatic heterocycles. The second kappa shape index (κ2) is 6.53. The van der Waals surface area contributed by atoms with E-state index in [1.54, 1.807) is 0 Å². The van der Waals surface area contributed by atoms with E-state index >= 15 is 0 Å². The Hall–Kier alpha value is -4.44. The minimum Gasteiger partial charge on any atom is -0.455 e. The number of fused-ring (bicyclic) bond motifs is 6. The summed E-state index contributed by atoms with van der Waals surface area (Å²) in [5.41, 5.74) is 5.77. The van der Waals surface area contributed by atoms with Crippen LogP contribution in [0.5, 0.6) is 0 Å². The zero-order valence-corrected chi connectivity index (χ0v) is 17.1. The quantitative estimate of drug-likeness (QED) is 0.304. The zero-order valence-electron chi connectivity index (χ0n) is 17.1.